The summed E-state index contributed by atoms with van der Waals surface area (Å²) in [6.45, 7) is 0. The quantitative estimate of drug-likeness (QED) is 0.829. The highest BCUT2D eigenvalue weighted by atomic mass is 35.7. The Morgan fingerprint density at radius 2 is 1.62 bits per heavy atom. The minimum Gasteiger partial charge on any atom is -0.207 e. The van der Waals surface area contributed by atoms with Crippen LogP contribution in [0.2, 0.25) is 0 Å². The van der Waals surface area contributed by atoms with E-state index in [0.717, 1.165) is 18.2 Å². The van der Waals surface area contributed by atoms with Gasteiger partial charge in [-0.25, -0.2) is 16.8 Å². The highest BCUT2D eigenvalue weighted by Gasteiger charge is 2.65. The Kier molecular flexibility index (Phi) is 3.80. The monoisotopic (exact) mass is 363 g/mol. The topological polar surface area (TPSA) is 80.3 Å². The van der Waals surface area contributed by atoms with Crippen molar-refractivity contribution in [2.45, 2.75) is 34.3 Å². The summed E-state index contributed by atoms with van der Waals surface area (Å²) in [5.74, 6) is 0. The minimum atomic E-state index is -4.71. The molecule has 21 heavy (non-hydrogen) atoms. The van der Waals surface area contributed by atoms with E-state index in [1.54, 1.807) is 4.72 Å². The average molecular weight is 364 g/mol. The lowest BCUT2D eigenvalue weighted by atomic mass is 10.3. The largest absolute Gasteiger partial charge is 0.407 e. The molecule has 1 aliphatic carbocycles. The SMILES string of the molecule is O=S(=O)(Cl)c1cccc(S(=O)(=O)NC2(C(F)(F)F)CC2)c1. The van der Waals surface area contributed by atoms with Gasteiger partial charge in [-0.1, -0.05) is 6.07 Å². The normalized spacial score (nSPS) is 18.5. The van der Waals surface area contributed by atoms with E-state index in [1.165, 1.54) is 0 Å². The highest BCUT2D eigenvalue weighted by Crippen LogP contribution is 2.49. The Morgan fingerprint density at radius 1 is 1.10 bits per heavy atom. The van der Waals surface area contributed by atoms with Crippen LogP contribution in [0.4, 0.5) is 13.2 Å². The fourth-order valence-corrected chi connectivity index (χ4v) is 4.04. The molecule has 0 atom stereocenters. The number of halogens is 4. The Hall–Kier alpha value is -0.840. The van der Waals surface area contributed by atoms with Gasteiger partial charge in [0.1, 0.15) is 5.54 Å². The van der Waals surface area contributed by atoms with Gasteiger partial charge in [-0.3, -0.25) is 0 Å². The lowest BCUT2D eigenvalue weighted by Crippen LogP contribution is -2.47. The summed E-state index contributed by atoms with van der Waals surface area (Å²) < 4.78 is 86.1. The van der Waals surface area contributed by atoms with Crippen LogP contribution in [0.25, 0.3) is 0 Å². The van der Waals surface area contributed by atoms with E-state index in [1.807, 2.05) is 0 Å². The minimum absolute atomic E-state index is 0.358. The van der Waals surface area contributed by atoms with Gasteiger partial charge in [-0.05, 0) is 31.0 Å². The highest BCUT2D eigenvalue weighted by molar-refractivity contribution is 8.13. The van der Waals surface area contributed by atoms with Crippen LogP contribution in [0.15, 0.2) is 34.1 Å². The summed E-state index contributed by atoms with van der Waals surface area (Å²) in [6.07, 6.45) is -5.43. The van der Waals surface area contributed by atoms with Crippen LogP contribution in [0, 0.1) is 0 Å². The third kappa shape index (κ3) is 3.33. The van der Waals surface area contributed by atoms with Gasteiger partial charge < -0.3 is 0 Å². The van der Waals surface area contributed by atoms with Crippen LogP contribution in [0.3, 0.4) is 0 Å². The molecule has 0 radical (unpaired) electrons. The fraction of sp³-hybridized carbons (Fsp3) is 0.400. The Bertz CT molecular complexity index is 770. The maximum absolute atomic E-state index is 12.8. The van der Waals surface area contributed by atoms with Crippen molar-refractivity contribution < 1.29 is 30.0 Å². The van der Waals surface area contributed by atoms with Crippen LogP contribution in [-0.4, -0.2) is 28.6 Å². The molecule has 0 saturated heterocycles. The molecule has 0 aliphatic heterocycles. The van der Waals surface area contributed by atoms with Crippen molar-refractivity contribution in [2.75, 3.05) is 0 Å². The van der Waals surface area contributed by atoms with Crippen molar-refractivity contribution in [1.82, 2.24) is 4.72 Å². The van der Waals surface area contributed by atoms with Gasteiger partial charge in [0.25, 0.3) is 9.05 Å². The van der Waals surface area contributed by atoms with Gasteiger partial charge in [0, 0.05) is 10.7 Å². The van der Waals surface area contributed by atoms with E-state index in [4.69, 9.17) is 10.7 Å². The van der Waals surface area contributed by atoms with Gasteiger partial charge >= 0.3 is 6.18 Å². The van der Waals surface area contributed by atoms with E-state index >= 15 is 0 Å². The first kappa shape index (κ1) is 16.5. The molecule has 2 rings (SSSR count). The first-order chi connectivity index (χ1) is 9.37. The zero-order valence-electron chi connectivity index (χ0n) is 10.2. The van der Waals surface area contributed by atoms with Gasteiger partial charge in [0.2, 0.25) is 10.0 Å². The van der Waals surface area contributed by atoms with Crippen LogP contribution < -0.4 is 4.72 Å². The summed E-state index contributed by atoms with van der Waals surface area (Å²) in [4.78, 5) is -1.11. The third-order valence-corrected chi connectivity index (χ3v) is 5.91. The number of hydrogen-bond donors (Lipinski definition) is 1. The molecule has 0 heterocycles. The van der Waals surface area contributed by atoms with Crippen molar-refractivity contribution >= 4 is 29.8 Å². The maximum atomic E-state index is 12.8. The van der Waals surface area contributed by atoms with E-state index in [9.17, 15) is 30.0 Å². The first-order valence-electron chi connectivity index (χ1n) is 5.53. The second kappa shape index (κ2) is 4.83. The van der Waals surface area contributed by atoms with Gasteiger partial charge in [0.05, 0.1) is 9.79 Å². The van der Waals surface area contributed by atoms with Crippen LogP contribution in [0.5, 0.6) is 0 Å². The molecule has 1 aliphatic rings. The number of benzene rings is 1. The predicted molar refractivity (Wildman–Crippen MR) is 67.8 cm³/mol. The average Bonchev–Trinajstić information content (AvgIpc) is 3.08. The Labute approximate surface area is 123 Å². The van der Waals surface area contributed by atoms with Gasteiger partial charge in [-0.15, -0.1) is 0 Å². The molecule has 1 aromatic rings. The molecule has 0 aromatic heterocycles. The number of sulfonamides is 1. The zero-order valence-corrected chi connectivity index (χ0v) is 12.6. The lowest BCUT2D eigenvalue weighted by Gasteiger charge is -2.20. The molecule has 1 aromatic carbocycles. The first-order valence-corrected chi connectivity index (χ1v) is 9.32. The van der Waals surface area contributed by atoms with Crippen molar-refractivity contribution in [3.05, 3.63) is 24.3 Å². The van der Waals surface area contributed by atoms with Crippen LogP contribution in [0.1, 0.15) is 12.8 Å². The molecule has 0 spiro atoms. The summed E-state index contributed by atoms with van der Waals surface area (Å²) >= 11 is 0. The number of rotatable bonds is 4. The smallest absolute Gasteiger partial charge is 0.207 e. The summed E-state index contributed by atoms with van der Waals surface area (Å²) in [5, 5.41) is 0. The number of alkyl halides is 3. The summed E-state index contributed by atoms with van der Waals surface area (Å²) in [6, 6.07) is 3.81. The second-order valence-corrected chi connectivity index (χ2v) is 8.85. The van der Waals surface area contributed by atoms with Crippen LogP contribution >= 0.6 is 10.7 Å². The number of nitrogens with one attached hydrogen (secondary N) is 1. The molecule has 11 heteroatoms. The van der Waals surface area contributed by atoms with Crippen molar-refractivity contribution in [3.8, 4) is 0 Å². The molecule has 0 bridgehead atoms. The van der Waals surface area contributed by atoms with Gasteiger partial charge in [0.15, 0.2) is 0 Å². The third-order valence-electron chi connectivity index (χ3n) is 3.02. The van der Waals surface area contributed by atoms with E-state index in [2.05, 4.69) is 0 Å². The van der Waals surface area contributed by atoms with E-state index < -0.39 is 40.6 Å². The summed E-state index contributed by atoms with van der Waals surface area (Å²) in [5.41, 5.74) is -2.47. The van der Waals surface area contributed by atoms with Crippen LogP contribution in [-0.2, 0) is 19.1 Å². The molecular weight excluding hydrogens is 355 g/mol. The molecule has 1 fully saturated rings. The van der Waals surface area contributed by atoms with E-state index in [-0.39, 0.29) is 12.8 Å². The molecule has 1 saturated carbocycles. The maximum Gasteiger partial charge on any atom is 0.407 e. The van der Waals surface area contributed by atoms with Crippen molar-refractivity contribution in [2.24, 2.45) is 0 Å². The Morgan fingerprint density at radius 3 is 2.05 bits per heavy atom. The lowest BCUT2D eigenvalue weighted by molar-refractivity contribution is -0.160. The molecule has 0 amide bonds. The molecule has 118 valence electrons. The molecule has 0 unspecified atom stereocenters. The zero-order chi connectivity index (χ0) is 16.1. The predicted octanol–water partition coefficient (Wildman–Crippen LogP) is 1.99. The molecule has 1 N–H and O–H groups in total. The van der Waals surface area contributed by atoms with E-state index in [0.29, 0.717) is 6.07 Å². The molecular formula is C10H9ClF3NO4S2. The fourth-order valence-electron chi connectivity index (χ4n) is 1.68. The summed E-state index contributed by atoms with van der Waals surface area (Å²) in [7, 11) is -3.62. The second-order valence-electron chi connectivity index (χ2n) is 4.60. The van der Waals surface area contributed by atoms with Gasteiger partial charge in [-0.2, -0.15) is 17.9 Å². The van der Waals surface area contributed by atoms with Crippen molar-refractivity contribution in [1.29, 1.82) is 0 Å². The number of hydrogen-bond acceptors (Lipinski definition) is 4. The molecule has 5 nitrogen and oxygen atoms in total. The standard InChI is InChI=1S/C10H9ClF3NO4S2/c11-20(16,17)7-2-1-3-8(6-7)21(18,19)15-9(4-5-9)10(12,13)14/h1-3,6,15H,4-5H2. The Balaban J connectivity index is 2.38. The van der Waals surface area contributed by atoms with Crippen molar-refractivity contribution in [3.63, 3.8) is 0 Å².